The maximum absolute atomic E-state index is 12.4. The molecule has 0 aliphatic heterocycles. The van der Waals surface area contributed by atoms with Crippen molar-refractivity contribution in [1.82, 2.24) is 0 Å². The van der Waals surface area contributed by atoms with Crippen LogP contribution in [0, 0.1) is 0 Å². The third-order valence-electron chi connectivity index (χ3n) is 2.99. The van der Waals surface area contributed by atoms with Crippen LogP contribution in [0.25, 0.3) is 0 Å². The number of para-hydroxylation sites is 2. The Kier molecular flexibility index (Phi) is 5.97. The fraction of sp³-hybridized carbons (Fsp3) is 0.188. The monoisotopic (exact) mass is 374 g/mol. The number of anilines is 2. The van der Waals surface area contributed by atoms with Gasteiger partial charge in [-0.15, -0.1) is 13.2 Å². The molecule has 0 unspecified atom stereocenters. The Bertz CT molecular complexity index is 754. The molecule has 2 N–H and O–H groups in total. The van der Waals surface area contributed by atoms with Crippen LogP contribution in [-0.2, 0) is 4.79 Å². The standard InChI is InChI=1S/C16H14ClF3N2O3/c1-24-13-7-6-10(8-11(13)17)22-15(23)9-21-12-4-2-3-5-14(12)25-16(18,19)20/h2-8,21H,9H2,1H3,(H,22,23). The summed E-state index contributed by atoms with van der Waals surface area (Å²) in [7, 11) is 1.46. The lowest BCUT2D eigenvalue weighted by Gasteiger charge is -2.14. The van der Waals surface area contributed by atoms with E-state index in [2.05, 4.69) is 15.4 Å². The summed E-state index contributed by atoms with van der Waals surface area (Å²) in [6.07, 6.45) is -4.82. The highest BCUT2D eigenvalue weighted by Crippen LogP contribution is 2.30. The topological polar surface area (TPSA) is 59.6 Å². The van der Waals surface area contributed by atoms with Crippen LogP contribution in [0.5, 0.6) is 11.5 Å². The minimum atomic E-state index is -4.82. The highest BCUT2D eigenvalue weighted by Gasteiger charge is 2.32. The summed E-state index contributed by atoms with van der Waals surface area (Å²) in [6.45, 7) is -0.262. The van der Waals surface area contributed by atoms with E-state index in [0.717, 1.165) is 6.07 Å². The number of halogens is 4. The molecule has 0 heterocycles. The Balaban J connectivity index is 1.97. The molecule has 2 rings (SSSR count). The number of carbonyl (C=O) groups is 1. The first-order valence-corrected chi connectivity index (χ1v) is 7.38. The summed E-state index contributed by atoms with van der Waals surface area (Å²) in [5.74, 6) is -0.436. The number of hydrogen-bond donors (Lipinski definition) is 2. The summed E-state index contributed by atoms with van der Waals surface area (Å²) in [5, 5.41) is 5.48. The van der Waals surface area contributed by atoms with Gasteiger partial charge >= 0.3 is 6.36 Å². The van der Waals surface area contributed by atoms with E-state index in [1.807, 2.05) is 0 Å². The van der Waals surface area contributed by atoms with Gasteiger partial charge in [0.25, 0.3) is 0 Å². The average molecular weight is 375 g/mol. The lowest BCUT2D eigenvalue weighted by Crippen LogP contribution is -2.23. The number of amides is 1. The van der Waals surface area contributed by atoms with Crippen molar-refractivity contribution in [3.63, 3.8) is 0 Å². The summed E-state index contributed by atoms with van der Waals surface area (Å²) in [4.78, 5) is 11.9. The van der Waals surface area contributed by atoms with Gasteiger partial charge in [-0.25, -0.2) is 0 Å². The number of methoxy groups -OCH3 is 1. The van der Waals surface area contributed by atoms with E-state index in [1.165, 1.54) is 31.4 Å². The first-order chi connectivity index (χ1) is 11.8. The lowest BCUT2D eigenvalue weighted by atomic mass is 10.3. The number of alkyl halides is 3. The molecule has 0 radical (unpaired) electrons. The smallest absolute Gasteiger partial charge is 0.495 e. The van der Waals surface area contributed by atoms with E-state index in [9.17, 15) is 18.0 Å². The van der Waals surface area contributed by atoms with Gasteiger partial charge in [-0.2, -0.15) is 0 Å². The quantitative estimate of drug-likeness (QED) is 0.791. The zero-order valence-electron chi connectivity index (χ0n) is 13.0. The van der Waals surface area contributed by atoms with Gasteiger partial charge in [-0.1, -0.05) is 23.7 Å². The predicted molar refractivity (Wildman–Crippen MR) is 88.2 cm³/mol. The van der Waals surface area contributed by atoms with Crippen LogP contribution >= 0.6 is 11.6 Å². The van der Waals surface area contributed by atoms with Crippen molar-refractivity contribution in [2.45, 2.75) is 6.36 Å². The summed E-state index contributed by atoms with van der Waals surface area (Å²) in [5.41, 5.74) is 0.472. The van der Waals surface area contributed by atoms with Crippen LogP contribution in [0.1, 0.15) is 0 Å². The predicted octanol–water partition coefficient (Wildman–Crippen LogP) is 4.30. The Labute approximate surface area is 146 Å². The number of carbonyl (C=O) groups excluding carboxylic acids is 1. The number of rotatable bonds is 6. The van der Waals surface area contributed by atoms with Gasteiger partial charge in [-0.05, 0) is 30.3 Å². The zero-order valence-corrected chi connectivity index (χ0v) is 13.7. The van der Waals surface area contributed by atoms with Gasteiger partial charge in [-0.3, -0.25) is 4.79 Å². The van der Waals surface area contributed by atoms with Gasteiger partial charge in [0, 0.05) is 5.69 Å². The molecule has 0 fully saturated rings. The van der Waals surface area contributed by atoms with Gasteiger partial charge in [0.2, 0.25) is 5.91 Å². The van der Waals surface area contributed by atoms with E-state index in [4.69, 9.17) is 16.3 Å². The summed E-state index contributed by atoms with van der Waals surface area (Å²) in [6, 6.07) is 10.1. The lowest BCUT2D eigenvalue weighted by molar-refractivity contribution is -0.274. The minimum absolute atomic E-state index is 0.0442. The number of benzene rings is 2. The van der Waals surface area contributed by atoms with E-state index in [-0.39, 0.29) is 12.2 Å². The maximum Gasteiger partial charge on any atom is 0.573 e. The third kappa shape index (κ3) is 5.75. The molecule has 2 aromatic carbocycles. The largest absolute Gasteiger partial charge is 0.573 e. The number of hydrogen-bond acceptors (Lipinski definition) is 4. The van der Waals surface area contributed by atoms with Crippen LogP contribution in [0.2, 0.25) is 5.02 Å². The van der Waals surface area contributed by atoms with E-state index < -0.39 is 18.0 Å². The van der Waals surface area contributed by atoms with Crippen molar-refractivity contribution in [3.8, 4) is 11.5 Å². The van der Waals surface area contributed by atoms with E-state index in [0.29, 0.717) is 16.5 Å². The molecule has 0 saturated carbocycles. The van der Waals surface area contributed by atoms with Crippen LogP contribution < -0.4 is 20.1 Å². The molecule has 0 bridgehead atoms. The Morgan fingerprint density at radius 1 is 1.16 bits per heavy atom. The number of ether oxygens (including phenoxy) is 2. The minimum Gasteiger partial charge on any atom is -0.495 e. The van der Waals surface area contributed by atoms with Gasteiger partial charge < -0.3 is 20.1 Å². The van der Waals surface area contributed by atoms with Gasteiger partial charge in [0.1, 0.15) is 5.75 Å². The van der Waals surface area contributed by atoms with Crippen LogP contribution in [0.15, 0.2) is 42.5 Å². The maximum atomic E-state index is 12.4. The molecule has 25 heavy (non-hydrogen) atoms. The second-order valence-electron chi connectivity index (χ2n) is 4.80. The molecule has 5 nitrogen and oxygen atoms in total. The van der Waals surface area contributed by atoms with Crippen molar-refractivity contribution in [2.24, 2.45) is 0 Å². The highest BCUT2D eigenvalue weighted by atomic mass is 35.5. The second kappa shape index (κ2) is 7.98. The van der Waals surface area contributed by atoms with Gasteiger partial charge in [0.05, 0.1) is 24.4 Å². The zero-order chi connectivity index (χ0) is 18.4. The van der Waals surface area contributed by atoms with E-state index in [1.54, 1.807) is 12.1 Å². The molecule has 2 aromatic rings. The van der Waals surface area contributed by atoms with Crippen molar-refractivity contribution in [2.75, 3.05) is 24.3 Å². The molecule has 0 aliphatic rings. The average Bonchev–Trinajstić information content (AvgIpc) is 2.53. The fourth-order valence-corrected chi connectivity index (χ4v) is 2.21. The van der Waals surface area contributed by atoms with Crippen LogP contribution in [0.4, 0.5) is 24.5 Å². The van der Waals surface area contributed by atoms with Crippen molar-refractivity contribution in [3.05, 3.63) is 47.5 Å². The first-order valence-electron chi connectivity index (χ1n) is 7.00. The normalized spacial score (nSPS) is 10.9. The summed E-state index contributed by atoms with van der Waals surface area (Å²) < 4.78 is 46.0. The van der Waals surface area contributed by atoms with E-state index >= 15 is 0 Å². The fourth-order valence-electron chi connectivity index (χ4n) is 1.95. The number of nitrogens with one attached hydrogen (secondary N) is 2. The van der Waals surface area contributed by atoms with Crippen molar-refractivity contribution >= 4 is 28.9 Å². The molecule has 9 heteroatoms. The molecular weight excluding hydrogens is 361 g/mol. The molecular formula is C16H14ClF3N2O3. The molecule has 0 spiro atoms. The van der Waals surface area contributed by atoms with Crippen LogP contribution in [-0.4, -0.2) is 25.9 Å². The van der Waals surface area contributed by atoms with Crippen molar-refractivity contribution < 1.29 is 27.4 Å². The molecule has 0 aliphatic carbocycles. The van der Waals surface area contributed by atoms with Gasteiger partial charge in [0.15, 0.2) is 5.75 Å². The molecule has 1 amide bonds. The molecule has 0 saturated heterocycles. The molecule has 0 atom stereocenters. The Morgan fingerprint density at radius 2 is 1.88 bits per heavy atom. The SMILES string of the molecule is COc1ccc(NC(=O)CNc2ccccc2OC(F)(F)F)cc1Cl. The van der Waals surface area contributed by atoms with Crippen LogP contribution in [0.3, 0.4) is 0 Å². The Morgan fingerprint density at radius 3 is 2.52 bits per heavy atom. The van der Waals surface area contributed by atoms with Crippen molar-refractivity contribution in [1.29, 1.82) is 0 Å². The second-order valence-corrected chi connectivity index (χ2v) is 5.20. The molecule has 134 valence electrons. The third-order valence-corrected chi connectivity index (χ3v) is 3.28. The molecule has 0 aromatic heterocycles. The Hall–Kier alpha value is -2.61. The first kappa shape index (κ1) is 18.7. The highest BCUT2D eigenvalue weighted by molar-refractivity contribution is 6.32. The summed E-state index contributed by atoms with van der Waals surface area (Å²) >= 11 is 5.95.